The van der Waals surface area contributed by atoms with Crippen molar-refractivity contribution in [3.05, 3.63) is 12.7 Å². The fourth-order valence-electron chi connectivity index (χ4n) is 2.23. The molecule has 3 heteroatoms. The average Bonchev–Trinajstić information content (AvgIpc) is 2.35. The molecular formula is C14H26O3. The molecule has 1 heterocycles. The van der Waals surface area contributed by atoms with Crippen molar-refractivity contribution in [1.29, 1.82) is 0 Å². The van der Waals surface area contributed by atoms with Crippen LogP contribution in [0.3, 0.4) is 0 Å². The first-order chi connectivity index (χ1) is 8.02. The van der Waals surface area contributed by atoms with Crippen molar-refractivity contribution in [2.45, 2.75) is 65.0 Å². The van der Waals surface area contributed by atoms with Crippen molar-refractivity contribution < 1.29 is 14.6 Å². The molecule has 0 amide bonds. The van der Waals surface area contributed by atoms with Crippen LogP contribution in [-0.2, 0) is 9.47 Å². The zero-order chi connectivity index (χ0) is 12.9. The number of hydrogen-bond acceptors (Lipinski definition) is 3. The lowest BCUT2D eigenvalue weighted by Crippen LogP contribution is -2.43. The molecule has 100 valence electrons. The lowest BCUT2D eigenvalue weighted by molar-refractivity contribution is -0.207. The monoisotopic (exact) mass is 242 g/mol. The van der Waals surface area contributed by atoms with Crippen LogP contribution in [0.5, 0.6) is 0 Å². The van der Waals surface area contributed by atoms with Gasteiger partial charge >= 0.3 is 0 Å². The summed E-state index contributed by atoms with van der Waals surface area (Å²) in [5.74, 6) is 0. The van der Waals surface area contributed by atoms with E-state index in [2.05, 4.69) is 6.58 Å². The molecule has 0 saturated carbocycles. The van der Waals surface area contributed by atoms with E-state index < -0.39 is 6.10 Å². The van der Waals surface area contributed by atoms with E-state index in [0.29, 0.717) is 6.42 Å². The van der Waals surface area contributed by atoms with Crippen molar-refractivity contribution in [3.63, 3.8) is 0 Å². The number of hydrogen-bond donors (Lipinski definition) is 1. The standard InChI is InChI=1S/C14H26O3/c1-5-11(15)14(3,4)12(6-2)17-13-9-7-8-10-16-13/h6,11-13,15H,2,5,7-10H2,1,3-4H3/t11?,12-,13?/m0/s1. The molecule has 0 radical (unpaired) electrons. The highest BCUT2D eigenvalue weighted by atomic mass is 16.7. The van der Waals surface area contributed by atoms with Crippen LogP contribution in [0.1, 0.15) is 46.5 Å². The third-order valence-electron chi connectivity index (χ3n) is 3.63. The first-order valence-corrected chi connectivity index (χ1v) is 6.60. The Bertz CT molecular complexity index is 232. The van der Waals surface area contributed by atoms with Crippen LogP contribution >= 0.6 is 0 Å². The van der Waals surface area contributed by atoms with Crippen LogP contribution in [0.25, 0.3) is 0 Å². The third kappa shape index (κ3) is 3.80. The molecule has 1 N–H and O–H groups in total. The Morgan fingerprint density at radius 1 is 1.53 bits per heavy atom. The molecule has 0 spiro atoms. The highest BCUT2D eigenvalue weighted by molar-refractivity contribution is 4.96. The Kier molecular flexibility index (Phi) is 5.63. The summed E-state index contributed by atoms with van der Waals surface area (Å²) in [5.41, 5.74) is -0.336. The second-order valence-corrected chi connectivity index (χ2v) is 5.33. The quantitative estimate of drug-likeness (QED) is 0.728. The maximum atomic E-state index is 10.0. The largest absolute Gasteiger partial charge is 0.392 e. The van der Waals surface area contributed by atoms with Gasteiger partial charge in [0, 0.05) is 12.0 Å². The molecular weight excluding hydrogens is 216 g/mol. The smallest absolute Gasteiger partial charge is 0.158 e. The third-order valence-corrected chi connectivity index (χ3v) is 3.63. The van der Waals surface area contributed by atoms with Crippen LogP contribution in [0, 0.1) is 5.41 Å². The first-order valence-electron chi connectivity index (χ1n) is 6.60. The minimum Gasteiger partial charge on any atom is -0.392 e. The van der Waals surface area contributed by atoms with Gasteiger partial charge < -0.3 is 14.6 Å². The van der Waals surface area contributed by atoms with Crippen LogP contribution < -0.4 is 0 Å². The van der Waals surface area contributed by atoms with Gasteiger partial charge in [-0.1, -0.05) is 26.8 Å². The molecule has 3 nitrogen and oxygen atoms in total. The van der Waals surface area contributed by atoms with Crippen molar-refractivity contribution in [2.24, 2.45) is 5.41 Å². The molecule has 3 atom stereocenters. The Hall–Kier alpha value is -0.380. The number of rotatable bonds is 6. The molecule has 0 aliphatic carbocycles. The van der Waals surface area contributed by atoms with E-state index in [1.165, 1.54) is 0 Å². The second-order valence-electron chi connectivity index (χ2n) is 5.33. The van der Waals surface area contributed by atoms with Gasteiger partial charge in [-0.2, -0.15) is 0 Å². The van der Waals surface area contributed by atoms with Gasteiger partial charge in [-0.15, -0.1) is 6.58 Å². The predicted molar refractivity (Wildman–Crippen MR) is 68.7 cm³/mol. The summed E-state index contributed by atoms with van der Waals surface area (Å²) in [6.45, 7) is 10.6. The molecule has 0 bridgehead atoms. The number of aliphatic hydroxyl groups excluding tert-OH is 1. The van der Waals surface area contributed by atoms with Crippen LogP contribution in [-0.4, -0.2) is 30.2 Å². The van der Waals surface area contributed by atoms with E-state index in [4.69, 9.17) is 9.47 Å². The van der Waals surface area contributed by atoms with Crippen molar-refractivity contribution in [2.75, 3.05) is 6.61 Å². The molecule has 1 aliphatic rings. The molecule has 1 fully saturated rings. The van der Waals surface area contributed by atoms with Crippen LogP contribution in [0.15, 0.2) is 12.7 Å². The van der Waals surface area contributed by atoms with E-state index in [9.17, 15) is 5.11 Å². The summed E-state index contributed by atoms with van der Waals surface area (Å²) < 4.78 is 11.5. The summed E-state index contributed by atoms with van der Waals surface area (Å²) in [5, 5.41) is 10.0. The molecule has 0 aromatic carbocycles. The minimum atomic E-state index is -0.394. The fourth-order valence-corrected chi connectivity index (χ4v) is 2.23. The van der Waals surface area contributed by atoms with Crippen molar-refractivity contribution >= 4 is 0 Å². The molecule has 17 heavy (non-hydrogen) atoms. The summed E-state index contributed by atoms with van der Waals surface area (Å²) in [4.78, 5) is 0. The predicted octanol–water partition coefficient (Wildman–Crippen LogP) is 2.88. The normalized spacial score (nSPS) is 25.3. The van der Waals surface area contributed by atoms with Crippen LogP contribution in [0.2, 0.25) is 0 Å². The van der Waals surface area contributed by atoms with E-state index in [0.717, 1.165) is 25.9 Å². The SMILES string of the molecule is C=C[C@H](OC1CCCCO1)C(C)(C)C(O)CC. The summed E-state index contributed by atoms with van der Waals surface area (Å²) in [6.07, 6.45) is 4.96. The number of aliphatic hydroxyl groups is 1. The molecule has 1 aliphatic heterocycles. The van der Waals surface area contributed by atoms with E-state index >= 15 is 0 Å². The van der Waals surface area contributed by atoms with Crippen molar-refractivity contribution in [3.8, 4) is 0 Å². The fraction of sp³-hybridized carbons (Fsp3) is 0.857. The maximum absolute atomic E-state index is 10.0. The molecule has 2 unspecified atom stereocenters. The second kappa shape index (κ2) is 6.53. The Balaban J connectivity index is 2.60. The summed E-state index contributed by atoms with van der Waals surface area (Å²) in [6, 6.07) is 0. The topological polar surface area (TPSA) is 38.7 Å². The lowest BCUT2D eigenvalue weighted by atomic mass is 9.79. The summed E-state index contributed by atoms with van der Waals surface area (Å²) >= 11 is 0. The molecule has 0 aromatic heterocycles. The highest BCUT2D eigenvalue weighted by Gasteiger charge is 2.36. The van der Waals surface area contributed by atoms with Gasteiger partial charge in [0.25, 0.3) is 0 Å². The van der Waals surface area contributed by atoms with Gasteiger partial charge in [-0.05, 0) is 25.7 Å². The Morgan fingerprint density at radius 3 is 2.71 bits per heavy atom. The van der Waals surface area contributed by atoms with Gasteiger partial charge in [0.15, 0.2) is 6.29 Å². The van der Waals surface area contributed by atoms with E-state index in [1.807, 2.05) is 20.8 Å². The van der Waals surface area contributed by atoms with E-state index in [-0.39, 0.29) is 17.8 Å². The number of ether oxygens (including phenoxy) is 2. The Labute approximate surface area is 105 Å². The van der Waals surface area contributed by atoms with Gasteiger partial charge in [-0.25, -0.2) is 0 Å². The van der Waals surface area contributed by atoms with Gasteiger partial charge in [0.1, 0.15) is 0 Å². The minimum absolute atomic E-state index is 0.143. The zero-order valence-electron chi connectivity index (χ0n) is 11.3. The van der Waals surface area contributed by atoms with Gasteiger partial charge in [0.05, 0.1) is 12.2 Å². The molecule has 1 rings (SSSR count). The zero-order valence-corrected chi connectivity index (χ0v) is 11.3. The average molecular weight is 242 g/mol. The molecule has 1 saturated heterocycles. The summed E-state index contributed by atoms with van der Waals surface area (Å²) in [7, 11) is 0. The highest BCUT2D eigenvalue weighted by Crippen LogP contribution is 2.32. The lowest BCUT2D eigenvalue weighted by Gasteiger charge is -2.38. The Morgan fingerprint density at radius 2 is 2.24 bits per heavy atom. The van der Waals surface area contributed by atoms with Crippen LogP contribution in [0.4, 0.5) is 0 Å². The van der Waals surface area contributed by atoms with Crippen molar-refractivity contribution in [1.82, 2.24) is 0 Å². The van der Waals surface area contributed by atoms with Gasteiger partial charge in [0.2, 0.25) is 0 Å². The van der Waals surface area contributed by atoms with E-state index in [1.54, 1.807) is 6.08 Å². The molecule has 0 aromatic rings. The first kappa shape index (κ1) is 14.7. The van der Waals surface area contributed by atoms with Gasteiger partial charge in [-0.3, -0.25) is 0 Å². The maximum Gasteiger partial charge on any atom is 0.158 e.